The smallest absolute Gasteiger partial charge is 0.287 e. The molecule has 4 nitrogen and oxygen atoms in total. The maximum Gasteiger partial charge on any atom is 0.287 e. The highest BCUT2D eigenvalue weighted by atomic mass is 16.5. The molecule has 24 heavy (non-hydrogen) atoms. The van der Waals surface area contributed by atoms with E-state index in [0.717, 1.165) is 22.4 Å². The molecule has 0 heterocycles. The molecule has 2 rings (SSSR count). The summed E-state index contributed by atoms with van der Waals surface area (Å²) in [5.41, 5.74) is 4.05. The first-order valence-corrected chi connectivity index (χ1v) is 8.28. The summed E-state index contributed by atoms with van der Waals surface area (Å²) in [4.78, 5) is 12.9. The standard InChI is InChI=1S/C20H26N2O2/c1-14-10-11-15(2)18(12-14)22-20(23)19(21-16(3)13-24-4)17-8-6-5-7-9-17/h5-12,16,19,21H,13H2,1-4H3,(H,22,23)/p+1/t16-,19+/m0/s1. The van der Waals surface area contributed by atoms with Gasteiger partial charge in [-0.05, 0) is 38.0 Å². The number of hydrogen-bond donors (Lipinski definition) is 2. The molecule has 0 unspecified atom stereocenters. The van der Waals surface area contributed by atoms with Crippen molar-refractivity contribution in [1.29, 1.82) is 0 Å². The van der Waals surface area contributed by atoms with E-state index in [1.165, 1.54) is 0 Å². The van der Waals surface area contributed by atoms with E-state index in [0.29, 0.717) is 6.61 Å². The first kappa shape index (κ1) is 18.2. The molecule has 0 aliphatic rings. The topological polar surface area (TPSA) is 54.9 Å². The monoisotopic (exact) mass is 327 g/mol. The van der Waals surface area contributed by atoms with Crippen molar-refractivity contribution in [2.75, 3.05) is 19.0 Å². The van der Waals surface area contributed by atoms with Crippen molar-refractivity contribution in [3.8, 4) is 0 Å². The second kappa shape index (κ2) is 8.62. The zero-order valence-electron chi connectivity index (χ0n) is 14.9. The number of methoxy groups -OCH3 is 1. The molecular weight excluding hydrogens is 300 g/mol. The highest BCUT2D eigenvalue weighted by Crippen LogP contribution is 2.18. The molecule has 4 heteroatoms. The lowest BCUT2D eigenvalue weighted by Crippen LogP contribution is -2.92. The number of anilines is 1. The second-order valence-corrected chi connectivity index (χ2v) is 6.32. The predicted octanol–water partition coefficient (Wildman–Crippen LogP) is 2.58. The highest BCUT2D eigenvalue weighted by molar-refractivity contribution is 5.95. The molecule has 0 saturated carbocycles. The van der Waals surface area contributed by atoms with Gasteiger partial charge in [0.15, 0.2) is 6.04 Å². The van der Waals surface area contributed by atoms with Crippen molar-refractivity contribution in [3.05, 3.63) is 65.2 Å². The van der Waals surface area contributed by atoms with Gasteiger partial charge in [0.1, 0.15) is 6.04 Å². The molecular formula is C20H27N2O2+. The number of rotatable bonds is 7. The summed E-state index contributed by atoms with van der Waals surface area (Å²) in [5.74, 6) is -0.0159. The van der Waals surface area contributed by atoms with E-state index in [4.69, 9.17) is 4.74 Å². The lowest BCUT2D eigenvalue weighted by atomic mass is 10.0. The summed E-state index contributed by atoms with van der Waals surface area (Å²) in [5, 5.41) is 5.14. The number of hydrogen-bond acceptors (Lipinski definition) is 2. The third-order valence-electron chi connectivity index (χ3n) is 4.04. The van der Waals surface area contributed by atoms with Gasteiger partial charge in [0.25, 0.3) is 5.91 Å². The minimum absolute atomic E-state index is 0.0159. The van der Waals surface area contributed by atoms with Crippen LogP contribution in [0, 0.1) is 13.8 Å². The van der Waals surface area contributed by atoms with Gasteiger partial charge in [0.2, 0.25) is 0 Å². The summed E-state index contributed by atoms with van der Waals surface area (Å²) >= 11 is 0. The number of carbonyl (C=O) groups excluding carboxylic acids is 1. The Bertz CT molecular complexity index is 671. The largest absolute Gasteiger partial charge is 0.379 e. The van der Waals surface area contributed by atoms with E-state index in [2.05, 4.69) is 17.6 Å². The van der Waals surface area contributed by atoms with Gasteiger partial charge in [-0.3, -0.25) is 4.79 Å². The highest BCUT2D eigenvalue weighted by Gasteiger charge is 2.26. The number of ether oxygens (including phenoxy) is 1. The predicted molar refractivity (Wildman–Crippen MR) is 97.0 cm³/mol. The van der Waals surface area contributed by atoms with Crippen LogP contribution in [0.25, 0.3) is 0 Å². The molecule has 0 fully saturated rings. The van der Waals surface area contributed by atoms with Crippen LogP contribution in [0.5, 0.6) is 0 Å². The molecule has 0 saturated heterocycles. The summed E-state index contributed by atoms with van der Waals surface area (Å²) in [6.45, 7) is 6.69. The minimum atomic E-state index is -0.309. The molecule has 2 aromatic carbocycles. The Morgan fingerprint density at radius 3 is 2.54 bits per heavy atom. The van der Waals surface area contributed by atoms with E-state index in [9.17, 15) is 4.79 Å². The quantitative estimate of drug-likeness (QED) is 0.821. The number of benzene rings is 2. The van der Waals surface area contributed by atoms with Crippen LogP contribution >= 0.6 is 0 Å². The SMILES string of the molecule is COC[C@H](C)[NH2+][C@@H](C(=O)Nc1cc(C)ccc1C)c1ccccc1. The number of amides is 1. The molecule has 0 aliphatic carbocycles. The molecule has 0 aliphatic heterocycles. The number of carbonyl (C=O) groups is 1. The Kier molecular flexibility index (Phi) is 6.53. The molecule has 2 aromatic rings. The summed E-state index contributed by atoms with van der Waals surface area (Å²) in [7, 11) is 1.68. The number of quaternary nitrogens is 1. The maximum atomic E-state index is 12.9. The van der Waals surface area contributed by atoms with Crippen molar-refractivity contribution in [3.63, 3.8) is 0 Å². The van der Waals surface area contributed by atoms with Crippen LogP contribution in [0.15, 0.2) is 48.5 Å². The van der Waals surface area contributed by atoms with Crippen molar-refractivity contribution in [2.45, 2.75) is 32.9 Å². The molecule has 0 spiro atoms. The van der Waals surface area contributed by atoms with E-state index < -0.39 is 0 Å². The number of nitrogens with two attached hydrogens (primary N) is 1. The molecule has 0 radical (unpaired) electrons. The molecule has 3 N–H and O–H groups in total. The van der Waals surface area contributed by atoms with Crippen molar-refractivity contribution < 1.29 is 14.8 Å². The maximum absolute atomic E-state index is 12.9. The zero-order chi connectivity index (χ0) is 17.5. The molecule has 2 atom stereocenters. The fourth-order valence-corrected chi connectivity index (χ4v) is 2.74. The Balaban J connectivity index is 2.22. The Morgan fingerprint density at radius 1 is 1.17 bits per heavy atom. The number of nitrogens with one attached hydrogen (secondary N) is 1. The molecule has 1 amide bonds. The first-order chi connectivity index (χ1) is 11.5. The van der Waals surface area contributed by atoms with E-state index in [1.54, 1.807) is 7.11 Å². The summed E-state index contributed by atoms with van der Waals surface area (Å²) in [6, 6.07) is 15.8. The van der Waals surface area contributed by atoms with Gasteiger partial charge in [0, 0.05) is 18.4 Å². The third kappa shape index (κ3) is 4.91. The molecule has 0 bridgehead atoms. The van der Waals surface area contributed by atoms with Gasteiger partial charge < -0.3 is 15.4 Å². The van der Waals surface area contributed by atoms with Crippen LogP contribution in [0.3, 0.4) is 0 Å². The Labute approximate surface area is 144 Å². The van der Waals surface area contributed by atoms with Gasteiger partial charge in [-0.25, -0.2) is 0 Å². The number of aryl methyl sites for hydroxylation is 2. The van der Waals surface area contributed by atoms with Gasteiger partial charge in [0.05, 0.1) is 6.61 Å². The molecule has 128 valence electrons. The Morgan fingerprint density at radius 2 is 1.88 bits per heavy atom. The van der Waals surface area contributed by atoms with Gasteiger partial charge in [-0.2, -0.15) is 0 Å². The van der Waals surface area contributed by atoms with Crippen LogP contribution < -0.4 is 10.6 Å². The third-order valence-corrected chi connectivity index (χ3v) is 4.04. The van der Waals surface area contributed by atoms with Crippen LogP contribution in [0.1, 0.15) is 29.7 Å². The van der Waals surface area contributed by atoms with Crippen LogP contribution in [-0.4, -0.2) is 25.7 Å². The van der Waals surface area contributed by atoms with Crippen LogP contribution in [0.2, 0.25) is 0 Å². The van der Waals surface area contributed by atoms with Gasteiger partial charge >= 0.3 is 0 Å². The summed E-state index contributed by atoms with van der Waals surface area (Å²) < 4.78 is 5.21. The van der Waals surface area contributed by atoms with Crippen LogP contribution in [-0.2, 0) is 9.53 Å². The van der Waals surface area contributed by atoms with Crippen LogP contribution in [0.4, 0.5) is 5.69 Å². The summed E-state index contributed by atoms with van der Waals surface area (Å²) in [6.07, 6.45) is 0. The molecule has 0 aromatic heterocycles. The van der Waals surface area contributed by atoms with Crippen molar-refractivity contribution in [2.24, 2.45) is 0 Å². The lowest BCUT2D eigenvalue weighted by Gasteiger charge is -2.20. The van der Waals surface area contributed by atoms with E-state index in [1.807, 2.05) is 62.4 Å². The fourth-order valence-electron chi connectivity index (χ4n) is 2.74. The average molecular weight is 327 g/mol. The van der Waals surface area contributed by atoms with E-state index >= 15 is 0 Å². The second-order valence-electron chi connectivity index (χ2n) is 6.32. The fraction of sp³-hybridized carbons (Fsp3) is 0.350. The minimum Gasteiger partial charge on any atom is -0.379 e. The van der Waals surface area contributed by atoms with Gasteiger partial charge in [-0.15, -0.1) is 0 Å². The zero-order valence-corrected chi connectivity index (χ0v) is 14.9. The van der Waals surface area contributed by atoms with Crippen molar-refractivity contribution >= 4 is 11.6 Å². The van der Waals surface area contributed by atoms with Gasteiger partial charge in [-0.1, -0.05) is 42.5 Å². The average Bonchev–Trinajstić information content (AvgIpc) is 2.57. The van der Waals surface area contributed by atoms with Crippen molar-refractivity contribution in [1.82, 2.24) is 0 Å². The Hall–Kier alpha value is -2.17. The van der Waals surface area contributed by atoms with E-state index in [-0.39, 0.29) is 18.0 Å². The lowest BCUT2D eigenvalue weighted by molar-refractivity contribution is -0.713. The normalized spacial score (nSPS) is 13.3. The first-order valence-electron chi connectivity index (χ1n) is 8.28.